The molecule has 1 aliphatic rings. The monoisotopic (exact) mass is 278 g/mol. The zero-order chi connectivity index (χ0) is 14.7. The number of amides is 2. The Balaban J connectivity index is 2.09. The van der Waals surface area contributed by atoms with Crippen molar-refractivity contribution < 1.29 is 18.7 Å². The normalized spacial score (nSPS) is 17.8. The lowest BCUT2D eigenvalue weighted by Gasteiger charge is -2.13. The molecule has 106 valence electrons. The maximum Gasteiger partial charge on any atom is 0.414 e. The zero-order valence-electron chi connectivity index (χ0n) is 11.1. The highest BCUT2D eigenvalue weighted by molar-refractivity contribution is 5.90. The van der Waals surface area contributed by atoms with E-state index in [9.17, 15) is 14.0 Å². The van der Waals surface area contributed by atoms with E-state index in [1.807, 2.05) is 0 Å². The van der Waals surface area contributed by atoms with E-state index in [-0.39, 0.29) is 19.0 Å². The summed E-state index contributed by atoms with van der Waals surface area (Å²) in [5.74, 6) is -0.642. The third-order valence-corrected chi connectivity index (χ3v) is 2.97. The highest BCUT2D eigenvalue weighted by Gasteiger charge is 2.32. The fraction of sp³-hybridized carbons (Fsp3) is 0.286. The Labute approximate surface area is 116 Å². The molecule has 0 aromatic heterocycles. The fourth-order valence-corrected chi connectivity index (χ4v) is 1.95. The molecule has 1 unspecified atom stereocenters. The minimum Gasteiger partial charge on any atom is -0.442 e. The number of nitrogens with zero attached hydrogens (tertiary/aromatic N) is 1. The fourth-order valence-electron chi connectivity index (χ4n) is 1.95. The van der Waals surface area contributed by atoms with Crippen LogP contribution in [0.3, 0.4) is 0 Å². The van der Waals surface area contributed by atoms with Crippen molar-refractivity contribution in [3.05, 3.63) is 36.2 Å². The van der Waals surface area contributed by atoms with Gasteiger partial charge in [-0.25, -0.2) is 9.18 Å². The van der Waals surface area contributed by atoms with Crippen molar-refractivity contribution in [2.75, 3.05) is 18.0 Å². The van der Waals surface area contributed by atoms with E-state index in [0.29, 0.717) is 11.3 Å². The van der Waals surface area contributed by atoms with Gasteiger partial charge in [-0.3, -0.25) is 9.69 Å². The Hall–Kier alpha value is -2.37. The number of halogens is 1. The van der Waals surface area contributed by atoms with Crippen LogP contribution in [0.5, 0.6) is 0 Å². The summed E-state index contributed by atoms with van der Waals surface area (Å²) in [6.07, 6.45) is 0.417. The van der Waals surface area contributed by atoms with E-state index in [2.05, 4.69) is 11.9 Å². The van der Waals surface area contributed by atoms with Gasteiger partial charge in [-0.2, -0.15) is 0 Å². The SMILES string of the molecule is C=Cc1ccc(N2CC(CNC(C)=O)OC2=O)cc1F. The van der Waals surface area contributed by atoms with Gasteiger partial charge in [-0.1, -0.05) is 12.7 Å². The molecule has 2 rings (SSSR count). The van der Waals surface area contributed by atoms with Gasteiger partial charge in [-0.05, 0) is 18.2 Å². The third kappa shape index (κ3) is 2.96. The van der Waals surface area contributed by atoms with Crippen molar-refractivity contribution in [2.24, 2.45) is 0 Å². The Morgan fingerprint density at radius 1 is 1.65 bits per heavy atom. The van der Waals surface area contributed by atoms with Crippen LogP contribution < -0.4 is 10.2 Å². The van der Waals surface area contributed by atoms with Crippen molar-refractivity contribution in [3.8, 4) is 0 Å². The topological polar surface area (TPSA) is 58.6 Å². The van der Waals surface area contributed by atoms with Crippen molar-refractivity contribution in [2.45, 2.75) is 13.0 Å². The van der Waals surface area contributed by atoms with Crippen LogP contribution in [0.2, 0.25) is 0 Å². The van der Waals surface area contributed by atoms with Crippen molar-refractivity contribution in [1.29, 1.82) is 0 Å². The average Bonchev–Trinajstić information content (AvgIpc) is 2.77. The predicted octanol–water partition coefficient (Wildman–Crippen LogP) is 1.93. The first-order valence-corrected chi connectivity index (χ1v) is 6.16. The first-order chi connectivity index (χ1) is 9.51. The highest BCUT2D eigenvalue weighted by Crippen LogP contribution is 2.24. The molecule has 1 N–H and O–H groups in total. The zero-order valence-corrected chi connectivity index (χ0v) is 11.1. The van der Waals surface area contributed by atoms with Gasteiger partial charge in [0.25, 0.3) is 0 Å². The first kappa shape index (κ1) is 14.0. The van der Waals surface area contributed by atoms with E-state index in [4.69, 9.17) is 4.74 Å². The number of nitrogens with one attached hydrogen (secondary N) is 1. The number of carbonyl (C=O) groups excluding carboxylic acids is 2. The minimum absolute atomic E-state index is 0.194. The summed E-state index contributed by atoms with van der Waals surface area (Å²) >= 11 is 0. The van der Waals surface area contributed by atoms with Gasteiger partial charge < -0.3 is 10.1 Å². The van der Waals surface area contributed by atoms with E-state index in [1.165, 1.54) is 24.0 Å². The van der Waals surface area contributed by atoms with Crippen LogP contribution >= 0.6 is 0 Å². The molecule has 0 saturated carbocycles. The molecule has 0 radical (unpaired) electrons. The molecule has 1 heterocycles. The van der Waals surface area contributed by atoms with E-state index >= 15 is 0 Å². The smallest absolute Gasteiger partial charge is 0.414 e. The van der Waals surface area contributed by atoms with Crippen molar-refractivity contribution in [1.82, 2.24) is 5.32 Å². The molecule has 20 heavy (non-hydrogen) atoms. The van der Waals surface area contributed by atoms with Crippen LogP contribution in [-0.2, 0) is 9.53 Å². The molecule has 1 saturated heterocycles. The molecule has 1 aliphatic heterocycles. The molecule has 1 aromatic rings. The van der Waals surface area contributed by atoms with Crippen LogP contribution in [0.25, 0.3) is 6.08 Å². The maximum absolute atomic E-state index is 13.7. The second kappa shape index (κ2) is 5.73. The predicted molar refractivity (Wildman–Crippen MR) is 72.8 cm³/mol. The number of carbonyl (C=O) groups is 2. The van der Waals surface area contributed by atoms with Crippen molar-refractivity contribution in [3.63, 3.8) is 0 Å². The number of rotatable bonds is 4. The van der Waals surface area contributed by atoms with Gasteiger partial charge in [0, 0.05) is 12.5 Å². The summed E-state index contributed by atoms with van der Waals surface area (Å²) in [5, 5.41) is 2.58. The van der Waals surface area contributed by atoms with E-state index in [0.717, 1.165) is 0 Å². The largest absolute Gasteiger partial charge is 0.442 e. The molecule has 0 bridgehead atoms. The lowest BCUT2D eigenvalue weighted by molar-refractivity contribution is -0.119. The molecule has 2 amide bonds. The molecule has 0 aliphatic carbocycles. The molecule has 6 heteroatoms. The van der Waals surface area contributed by atoms with Gasteiger partial charge in [0.1, 0.15) is 11.9 Å². The molecule has 1 fully saturated rings. The average molecular weight is 278 g/mol. The maximum atomic E-state index is 13.7. The number of hydrogen-bond donors (Lipinski definition) is 1. The Kier molecular flexibility index (Phi) is 4.02. The molecule has 1 atom stereocenters. The van der Waals surface area contributed by atoms with E-state index < -0.39 is 18.0 Å². The molecule has 1 aromatic carbocycles. The molecular formula is C14H15FN2O3. The Morgan fingerprint density at radius 2 is 2.40 bits per heavy atom. The number of ether oxygens (including phenoxy) is 1. The number of benzene rings is 1. The summed E-state index contributed by atoms with van der Waals surface area (Å²) in [6.45, 7) is 5.40. The van der Waals surface area contributed by atoms with Gasteiger partial charge in [0.2, 0.25) is 5.91 Å². The van der Waals surface area contributed by atoms with Crippen LogP contribution in [0.1, 0.15) is 12.5 Å². The van der Waals surface area contributed by atoms with E-state index in [1.54, 1.807) is 12.1 Å². The third-order valence-electron chi connectivity index (χ3n) is 2.97. The van der Waals surface area contributed by atoms with Gasteiger partial charge >= 0.3 is 6.09 Å². The standard InChI is InChI=1S/C14H15FN2O3/c1-3-10-4-5-11(6-13(10)15)17-8-12(20-14(17)19)7-16-9(2)18/h3-6,12H,1,7-8H2,2H3,(H,16,18). The quantitative estimate of drug-likeness (QED) is 0.915. The molecule has 0 spiro atoms. The summed E-state index contributed by atoms with van der Waals surface area (Å²) in [6, 6.07) is 4.44. The van der Waals surface area contributed by atoms with Gasteiger partial charge in [0.05, 0.1) is 18.8 Å². The Bertz CT molecular complexity index is 559. The lowest BCUT2D eigenvalue weighted by Crippen LogP contribution is -2.33. The summed E-state index contributed by atoms with van der Waals surface area (Å²) < 4.78 is 18.8. The summed E-state index contributed by atoms with van der Waals surface area (Å²) in [5.41, 5.74) is 0.791. The first-order valence-electron chi connectivity index (χ1n) is 6.16. The molecule has 5 nitrogen and oxygen atoms in total. The lowest BCUT2D eigenvalue weighted by atomic mass is 10.2. The van der Waals surface area contributed by atoms with Crippen LogP contribution in [-0.4, -0.2) is 31.2 Å². The number of cyclic esters (lactones) is 1. The van der Waals surface area contributed by atoms with Crippen LogP contribution in [0.4, 0.5) is 14.9 Å². The van der Waals surface area contributed by atoms with Crippen LogP contribution in [0.15, 0.2) is 24.8 Å². The second-order valence-electron chi connectivity index (χ2n) is 4.46. The minimum atomic E-state index is -0.550. The molecular weight excluding hydrogens is 263 g/mol. The van der Waals surface area contributed by atoms with Gasteiger partial charge in [0.15, 0.2) is 0 Å². The Morgan fingerprint density at radius 3 is 3.00 bits per heavy atom. The number of hydrogen-bond acceptors (Lipinski definition) is 3. The van der Waals surface area contributed by atoms with Crippen molar-refractivity contribution >= 4 is 23.8 Å². The number of anilines is 1. The highest BCUT2D eigenvalue weighted by atomic mass is 19.1. The van der Waals surface area contributed by atoms with Gasteiger partial charge in [-0.15, -0.1) is 0 Å². The second-order valence-corrected chi connectivity index (χ2v) is 4.46. The van der Waals surface area contributed by atoms with Crippen LogP contribution in [0, 0.1) is 5.82 Å². The summed E-state index contributed by atoms with van der Waals surface area (Å²) in [4.78, 5) is 23.9. The summed E-state index contributed by atoms with van der Waals surface area (Å²) in [7, 11) is 0.